The van der Waals surface area contributed by atoms with E-state index in [1.54, 1.807) is 6.20 Å². The van der Waals surface area contributed by atoms with Crippen molar-refractivity contribution in [1.82, 2.24) is 5.01 Å². The van der Waals surface area contributed by atoms with Gasteiger partial charge in [0.25, 0.3) is 0 Å². The third-order valence-corrected chi connectivity index (χ3v) is 1.17. The molecule has 0 saturated heterocycles. The minimum Gasteiger partial charge on any atom is -0.239 e. The lowest BCUT2D eigenvalue weighted by Gasteiger charge is -2.26. The maximum Gasteiger partial charge on any atom is 0.101 e. The SMILES string of the molecule is C=C/N=N\N(C=C)C(C)(C)S. The molecule has 0 fully saturated rings. The van der Waals surface area contributed by atoms with Gasteiger partial charge in [-0.3, -0.25) is 0 Å². The van der Waals surface area contributed by atoms with E-state index in [9.17, 15) is 0 Å². The van der Waals surface area contributed by atoms with E-state index in [4.69, 9.17) is 0 Å². The molecule has 0 aliphatic heterocycles. The second kappa shape index (κ2) is 4.18. The molecule has 0 aromatic rings. The molecule has 11 heavy (non-hydrogen) atoms. The highest BCUT2D eigenvalue weighted by atomic mass is 32.1. The molecule has 0 aliphatic rings. The third kappa shape index (κ3) is 3.83. The summed E-state index contributed by atoms with van der Waals surface area (Å²) in [6, 6.07) is 0. The lowest BCUT2D eigenvalue weighted by Crippen LogP contribution is -2.29. The second-order valence-corrected chi connectivity index (χ2v) is 3.50. The molecule has 0 spiro atoms. The van der Waals surface area contributed by atoms with E-state index in [0.29, 0.717) is 0 Å². The van der Waals surface area contributed by atoms with E-state index in [-0.39, 0.29) is 4.87 Å². The fourth-order valence-electron chi connectivity index (χ4n) is 0.462. The van der Waals surface area contributed by atoms with Gasteiger partial charge in [-0.15, -0.1) is 17.7 Å². The molecule has 0 aromatic heterocycles. The molecule has 62 valence electrons. The van der Waals surface area contributed by atoms with Crippen molar-refractivity contribution in [2.75, 3.05) is 0 Å². The molecule has 0 saturated carbocycles. The molecular formula is C7H13N3S. The molecule has 0 radical (unpaired) electrons. The van der Waals surface area contributed by atoms with E-state index >= 15 is 0 Å². The molecule has 0 atom stereocenters. The van der Waals surface area contributed by atoms with Crippen LogP contribution in [0.25, 0.3) is 0 Å². The predicted molar refractivity (Wildman–Crippen MR) is 50.2 cm³/mol. The van der Waals surface area contributed by atoms with E-state index in [1.165, 1.54) is 11.2 Å². The molecule has 0 aromatic carbocycles. The summed E-state index contributed by atoms with van der Waals surface area (Å²) in [5.41, 5.74) is 0. The summed E-state index contributed by atoms with van der Waals surface area (Å²) < 4.78 is 0. The summed E-state index contributed by atoms with van der Waals surface area (Å²) in [7, 11) is 0. The van der Waals surface area contributed by atoms with Gasteiger partial charge < -0.3 is 0 Å². The van der Waals surface area contributed by atoms with Crippen molar-refractivity contribution in [3.8, 4) is 0 Å². The minimum atomic E-state index is -0.381. The van der Waals surface area contributed by atoms with Crippen molar-refractivity contribution in [2.45, 2.75) is 18.7 Å². The highest BCUT2D eigenvalue weighted by molar-refractivity contribution is 7.81. The number of hydrogen-bond acceptors (Lipinski definition) is 3. The molecule has 0 unspecified atom stereocenters. The molecule has 0 N–H and O–H groups in total. The zero-order chi connectivity index (χ0) is 8.91. The van der Waals surface area contributed by atoms with Crippen LogP contribution in [0.1, 0.15) is 13.8 Å². The molecule has 0 heterocycles. The van der Waals surface area contributed by atoms with Crippen LogP contribution in [-0.2, 0) is 0 Å². The molecule has 3 nitrogen and oxygen atoms in total. The Hall–Kier alpha value is -0.770. The Morgan fingerprint density at radius 3 is 2.27 bits per heavy atom. The molecule has 0 amide bonds. The topological polar surface area (TPSA) is 28.0 Å². The van der Waals surface area contributed by atoms with Crippen LogP contribution in [0.15, 0.2) is 35.9 Å². The molecular weight excluding hydrogens is 158 g/mol. The zero-order valence-corrected chi connectivity index (χ0v) is 7.75. The molecule has 0 aliphatic carbocycles. The first-order chi connectivity index (χ1) is 5.02. The van der Waals surface area contributed by atoms with Crippen molar-refractivity contribution in [3.05, 3.63) is 25.6 Å². The second-order valence-electron chi connectivity index (χ2n) is 2.41. The van der Waals surface area contributed by atoms with Crippen LogP contribution in [0, 0.1) is 0 Å². The van der Waals surface area contributed by atoms with Gasteiger partial charge in [-0.05, 0) is 13.8 Å². The Kier molecular flexibility index (Phi) is 3.89. The highest BCUT2D eigenvalue weighted by Gasteiger charge is 2.17. The maximum absolute atomic E-state index is 4.27. The minimum absolute atomic E-state index is 0.381. The van der Waals surface area contributed by atoms with Crippen LogP contribution < -0.4 is 0 Å². The third-order valence-electron chi connectivity index (χ3n) is 0.963. The van der Waals surface area contributed by atoms with Crippen molar-refractivity contribution < 1.29 is 0 Å². The Balaban J connectivity index is 4.29. The summed E-state index contributed by atoms with van der Waals surface area (Å²) >= 11 is 4.27. The number of hydrogen-bond donors (Lipinski definition) is 1. The average molecular weight is 171 g/mol. The first-order valence-electron chi connectivity index (χ1n) is 3.18. The monoisotopic (exact) mass is 171 g/mol. The van der Waals surface area contributed by atoms with Crippen LogP contribution in [0.3, 0.4) is 0 Å². The van der Waals surface area contributed by atoms with Crippen molar-refractivity contribution in [2.24, 2.45) is 10.3 Å². The smallest absolute Gasteiger partial charge is 0.101 e. The van der Waals surface area contributed by atoms with Crippen LogP contribution >= 0.6 is 12.6 Å². The van der Waals surface area contributed by atoms with Crippen molar-refractivity contribution >= 4 is 12.6 Å². The van der Waals surface area contributed by atoms with Gasteiger partial charge in [0.15, 0.2) is 0 Å². The van der Waals surface area contributed by atoms with Crippen LogP contribution in [-0.4, -0.2) is 9.88 Å². The molecule has 4 heteroatoms. The Morgan fingerprint density at radius 2 is 2.00 bits per heavy atom. The van der Waals surface area contributed by atoms with Crippen molar-refractivity contribution in [3.63, 3.8) is 0 Å². The number of thiol groups is 1. The molecule has 0 rings (SSSR count). The summed E-state index contributed by atoms with van der Waals surface area (Å²) in [5.74, 6) is 0. The Bertz CT molecular complexity index is 169. The zero-order valence-electron chi connectivity index (χ0n) is 6.86. The van der Waals surface area contributed by atoms with Gasteiger partial charge in [-0.1, -0.05) is 18.4 Å². The molecule has 0 bridgehead atoms. The van der Waals surface area contributed by atoms with Gasteiger partial charge in [-0.2, -0.15) is 0 Å². The van der Waals surface area contributed by atoms with Gasteiger partial charge in [-0.25, -0.2) is 5.01 Å². The first-order valence-corrected chi connectivity index (χ1v) is 3.63. The lowest BCUT2D eigenvalue weighted by molar-refractivity contribution is 0.278. The van der Waals surface area contributed by atoms with Gasteiger partial charge in [0.1, 0.15) is 4.87 Å². The Labute approximate surface area is 72.9 Å². The summed E-state index contributed by atoms with van der Waals surface area (Å²) in [5, 5.41) is 8.92. The van der Waals surface area contributed by atoms with Crippen LogP contribution in [0.5, 0.6) is 0 Å². The van der Waals surface area contributed by atoms with Crippen molar-refractivity contribution in [1.29, 1.82) is 0 Å². The first kappa shape index (κ1) is 10.2. The average Bonchev–Trinajstić information content (AvgIpc) is 1.87. The van der Waals surface area contributed by atoms with E-state index in [0.717, 1.165) is 0 Å². The predicted octanol–water partition coefficient (Wildman–Crippen LogP) is 2.61. The fourth-order valence-corrected chi connectivity index (χ4v) is 0.583. The standard InChI is InChI=1S/C7H13N3S/c1-5-8-9-10(6-2)7(3,4)11/h5-6,11H,1-2H2,3-4H3/b9-8-. The largest absolute Gasteiger partial charge is 0.239 e. The summed E-state index contributed by atoms with van der Waals surface area (Å²) in [4.78, 5) is -0.381. The Morgan fingerprint density at radius 1 is 1.45 bits per heavy atom. The fraction of sp³-hybridized carbons (Fsp3) is 0.429. The van der Waals surface area contributed by atoms with Gasteiger partial charge >= 0.3 is 0 Å². The van der Waals surface area contributed by atoms with E-state index < -0.39 is 0 Å². The summed E-state index contributed by atoms with van der Waals surface area (Å²) in [6.45, 7) is 10.7. The summed E-state index contributed by atoms with van der Waals surface area (Å²) in [6.07, 6.45) is 2.91. The van der Waals surface area contributed by atoms with Gasteiger partial charge in [0.2, 0.25) is 0 Å². The number of nitrogens with zero attached hydrogens (tertiary/aromatic N) is 3. The van der Waals surface area contributed by atoms with E-state index in [2.05, 4.69) is 36.1 Å². The number of rotatable bonds is 4. The van der Waals surface area contributed by atoms with E-state index in [1.807, 2.05) is 13.8 Å². The quantitative estimate of drug-likeness (QED) is 0.299. The van der Waals surface area contributed by atoms with Gasteiger partial charge in [0.05, 0.1) is 0 Å². The van der Waals surface area contributed by atoms with Crippen LogP contribution in [0.4, 0.5) is 0 Å². The normalized spacial score (nSPS) is 11.5. The lowest BCUT2D eigenvalue weighted by atomic mass is 10.4. The van der Waals surface area contributed by atoms with Gasteiger partial charge in [0, 0.05) is 12.4 Å². The van der Waals surface area contributed by atoms with Crippen LogP contribution in [0.2, 0.25) is 0 Å². The highest BCUT2D eigenvalue weighted by Crippen LogP contribution is 2.19. The maximum atomic E-state index is 4.27.